The highest BCUT2D eigenvalue weighted by Gasteiger charge is 2.55. The number of aromatic nitrogens is 1. The van der Waals surface area contributed by atoms with Gasteiger partial charge in [0, 0.05) is 22.5 Å². The first-order valence-electron chi connectivity index (χ1n) is 11.7. The number of carbonyl (C=O) groups is 2. The van der Waals surface area contributed by atoms with Crippen molar-refractivity contribution in [1.29, 1.82) is 0 Å². The number of nitrogens with one attached hydrogen (secondary N) is 2. The molecule has 3 saturated carbocycles. The van der Waals surface area contributed by atoms with E-state index in [-0.39, 0.29) is 23.3 Å². The van der Waals surface area contributed by atoms with Gasteiger partial charge in [0.25, 0.3) is 11.8 Å². The Morgan fingerprint density at radius 2 is 1.89 bits per heavy atom. The van der Waals surface area contributed by atoms with Gasteiger partial charge in [0.15, 0.2) is 11.6 Å². The number of aliphatic hydroxyl groups excluding tert-OH is 1. The summed E-state index contributed by atoms with van der Waals surface area (Å²) >= 11 is 6.96. The number of nitrogens with zero attached hydrogens (tertiary/aromatic N) is 1. The summed E-state index contributed by atoms with van der Waals surface area (Å²) in [4.78, 5) is 30.1. The molecule has 2 amide bonds. The van der Waals surface area contributed by atoms with Gasteiger partial charge in [-0.3, -0.25) is 9.59 Å². The molecule has 3 aromatic rings. The normalized spacial score (nSPS) is 24.8. The Balaban J connectivity index is 1.18. The highest BCUT2D eigenvalue weighted by molar-refractivity contribution is 7.12. The Morgan fingerprint density at radius 3 is 2.58 bits per heavy atom. The smallest absolute Gasteiger partial charge is 0.280 e. The van der Waals surface area contributed by atoms with Gasteiger partial charge in [0.1, 0.15) is 11.6 Å². The molecule has 188 valence electrons. The molecule has 0 spiro atoms. The van der Waals surface area contributed by atoms with Crippen LogP contribution in [0.3, 0.4) is 0 Å². The van der Waals surface area contributed by atoms with E-state index in [4.69, 9.17) is 16.3 Å². The maximum absolute atomic E-state index is 13.6. The van der Waals surface area contributed by atoms with E-state index in [2.05, 4.69) is 15.6 Å². The van der Waals surface area contributed by atoms with Crippen LogP contribution in [0.2, 0.25) is 5.02 Å². The topological polar surface area (TPSA) is 101 Å². The van der Waals surface area contributed by atoms with Crippen molar-refractivity contribution in [3.63, 3.8) is 0 Å². The minimum Gasteiger partial charge on any atom is -0.484 e. The van der Waals surface area contributed by atoms with E-state index in [1.165, 1.54) is 23.5 Å². The molecule has 1 heterocycles. The molecule has 3 N–H and O–H groups in total. The van der Waals surface area contributed by atoms with Gasteiger partial charge < -0.3 is 20.5 Å². The third kappa shape index (κ3) is 4.96. The number of ether oxygens (including phenoxy) is 1. The van der Waals surface area contributed by atoms with Gasteiger partial charge in [-0.1, -0.05) is 41.9 Å². The molecule has 36 heavy (non-hydrogen) atoms. The summed E-state index contributed by atoms with van der Waals surface area (Å²) < 4.78 is 19.0. The number of hydrogen-bond acceptors (Lipinski definition) is 6. The molecule has 0 radical (unpaired) electrons. The summed E-state index contributed by atoms with van der Waals surface area (Å²) in [7, 11) is 0. The zero-order valence-corrected chi connectivity index (χ0v) is 20.9. The van der Waals surface area contributed by atoms with Crippen LogP contribution < -0.4 is 15.4 Å². The summed E-state index contributed by atoms with van der Waals surface area (Å²) in [5.74, 6) is -1.09. The minimum atomic E-state index is -0.826. The fraction of sp³-hybridized carbons (Fsp3) is 0.346. The number of amides is 2. The largest absolute Gasteiger partial charge is 0.484 e. The van der Waals surface area contributed by atoms with Gasteiger partial charge in [0.05, 0.1) is 22.4 Å². The monoisotopic (exact) mass is 529 g/mol. The Hall–Kier alpha value is -3.01. The first kappa shape index (κ1) is 24.7. The van der Waals surface area contributed by atoms with Crippen LogP contribution in [0.5, 0.6) is 5.75 Å². The van der Waals surface area contributed by atoms with Crippen LogP contribution in [0, 0.1) is 5.82 Å². The van der Waals surface area contributed by atoms with Crippen LogP contribution in [0.15, 0.2) is 53.9 Å². The Labute approximate surface area is 216 Å². The number of carbonyl (C=O) groups excluding carboxylic acids is 2. The summed E-state index contributed by atoms with van der Waals surface area (Å²) in [6.07, 6.45) is 1.78. The molecule has 10 heteroatoms. The highest BCUT2D eigenvalue weighted by atomic mass is 35.5. The van der Waals surface area contributed by atoms with Gasteiger partial charge in [-0.05, 0) is 44.2 Å². The Morgan fingerprint density at radius 1 is 1.14 bits per heavy atom. The van der Waals surface area contributed by atoms with Crippen LogP contribution in [0.25, 0.3) is 11.3 Å². The van der Waals surface area contributed by atoms with Crippen molar-refractivity contribution in [2.45, 2.75) is 49.3 Å². The lowest BCUT2D eigenvalue weighted by Crippen LogP contribution is -2.70. The van der Waals surface area contributed by atoms with E-state index in [0.29, 0.717) is 37.1 Å². The molecule has 1 aromatic heterocycles. The van der Waals surface area contributed by atoms with Crippen LogP contribution >= 0.6 is 22.9 Å². The molecule has 7 nitrogen and oxygen atoms in total. The first-order valence-corrected chi connectivity index (χ1v) is 12.9. The first-order chi connectivity index (χ1) is 17.3. The quantitative estimate of drug-likeness (QED) is 0.422. The number of rotatable bonds is 7. The van der Waals surface area contributed by atoms with Gasteiger partial charge >= 0.3 is 0 Å². The molecule has 6 rings (SSSR count). The van der Waals surface area contributed by atoms with E-state index in [0.717, 1.165) is 17.3 Å². The maximum Gasteiger partial charge on any atom is 0.280 e. The van der Waals surface area contributed by atoms with Crippen molar-refractivity contribution in [3.8, 4) is 17.0 Å². The fourth-order valence-corrected chi connectivity index (χ4v) is 5.94. The third-order valence-corrected chi connectivity index (χ3v) is 8.26. The second-order valence-electron chi connectivity index (χ2n) is 9.43. The molecule has 0 aliphatic heterocycles. The SMILES string of the molecule is O=C(COc1ccc(Cl)c(F)c1)NC12CCC(NC(=O)c3nc(-c4ccccc4)cs3)(CC1)C[C@@H]2O. The van der Waals surface area contributed by atoms with E-state index in [9.17, 15) is 19.1 Å². The molecular weight excluding hydrogens is 505 g/mol. The molecule has 3 fully saturated rings. The van der Waals surface area contributed by atoms with Crippen molar-refractivity contribution in [3.05, 3.63) is 69.8 Å². The van der Waals surface area contributed by atoms with Crippen molar-refractivity contribution in [2.24, 2.45) is 0 Å². The maximum atomic E-state index is 13.6. The second kappa shape index (κ2) is 9.80. The fourth-order valence-electron chi connectivity index (χ4n) is 5.10. The van der Waals surface area contributed by atoms with Gasteiger partial charge in [0.2, 0.25) is 0 Å². The zero-order valence-electron chi connectivity index (χ0n) is 19.3. The molecule has 2 bridgehead atoms. The van der Waals surface area contributed by atoms with Crippen molar-refractivity contribution >= 4 is 34.8 Å². The zero-order chi connectivity index (χ0) is 25.3. The molecule has 1 atom stereocenters. The summed E-state index contributed by atoms with van der Waals surface area (Å²) in [6.45, 7) is -0.314. The number of benzene rings is 2. The van der Waals surface area contributed by atoms with Crippen LogP contribution in [0.4, 0.5) is 4.39 Å². The van der Waals surface area contributed by atoms with Gasteiger partial charge in [-0.2, -0.15) is 0 Å². The molecular formula is C26H25ClFN3O4S. The standard InChI is InChI=1S/C26H25ClFN3O4S/c27-18-7-6-17(12-19(18)28)35-14-22(33)30-26-10-8-25(9-11-26,13-21(26)32)31-23(34)24-29-20(15-36-24)16-4-2-1-3-5-16/h1-7,12,15,21,32H,8-11,13-14H2,(H,30,33)(H,31,34)/t21-,25?,26?/m0/s1. The molecule has 0 unspecified atom stereocenters. The van der Waals surface area contributed by atoms with Crippen LogP contribution in [-0.4, -0.2) is 45.7 Å². The van der Waals surface area contributed by atoms with Crippen molar-refractivity contribution in [2.75, 3.05) is 6.61 Å². The average molecular weight is 530 g/mol. The van der Waals surface area contributed by atoms with Crippen molar-refractivity contribution in [1.82, 2.24) is 15.6 Å². The molecule has 3 aliphatic carbocycles. The van der Waals surface area contributed by atoms with E-state index < -0.39 is 28.9 Å². The number of hydrogen-bond donors (Lipinski definition) is 3. The number of thiazole rings is 1. The lowest BCUT2D eigenvalue weighted by atomic mass is 9.60. The molecule has 3 aliphatic rings. The summed E-state index contributed by atoms with van der Waals surface area (Å²) in [5.41, 5.74) is 0.377. The van der Waals surface area contributed by atoms with Crippen LogP contribution in [-0.2, 0) is 4.79 Å². The summed E-state index contributed by atoms with van der Waals surface area (Å²) in [5, 5.41) is 19.2. The minimum absolute atomic E-state index is 0.0275. The number of fused-ring (bicyclic) bond motifs is 3. The van der Waals surface area contributed by atoms with E-state index >= 15 is 0 Å². The lowest BCUT2D eigenvalue weighted by molar-refractivity contribution is -0.132. The van der Waals surface area contributed by atoms with Gasteiger partial charge in [-0.15, -0.1) is 11.3 Å². The van der Waals surface area contributed by atoms with E-state index in [1.807, 2.05) is 35.7 Å². The van der Waals surface area contributed by atoms with Gasteiger partial charge in [-0.25, -0.2) is 9.37 Å². The predicted octanol–water partition coefficient (Wildman–Crippen LogP) is 4.34. The Kier molecular flexibility index (Phi) is 6.72. The number of halogens is 2. The molecule has 0 saturated heterocycles. The second-order valence-corrected chi connectivity index (χ2v) is 10.7. The van der Waals surface area contributed by atoms with Crippen LogP contribution in [0.1, 0.15) is 41.9 Å². The average Bonchev–Trinajstić information content (AvgIpc) is 3.37. The highest BCUT2D eigenvalue weighted by Crippen LogP contribution is 2.47. The Bertz CT molecular complexity index is 1280. The number of aliphatic hydroxyl groups is 1. The van der Waals surface area contributed by atoms with Crippen molar-refractivity contribution < 1.29 is 23.8 Å². The summed E-state index contributed by atoms with van der Waals surface area (Å²) in [6, 6.07) is 13.6. The predicted molar refractivity (Wildman–Crippen MR) is 135 cm³/mol. The van der Waals surface area contributed by atoms with E-state index in [1.54, 1.807) is 0 Å². The molecule has 2 aromatic carbocycles. The lowest BCUT2D eigenvalue weighted by Gasteiger charge is -2.56. The third-order valence-electron chi connectivity index (χ3n) is 7.12.